The number of hydrogen-bond donors (Lipinski definition) is 0. The van der Waals surface area contributed by atoms with Crippen molar-refractivity contribution in [3.8, 4) is 0 Å². The molecule has 1 aromatic heterocycles. The van der Waals surface area contributed by atoms with Crippen molar-refractivity contribution >= 4 is 5.78 Å². The number of ketones is 1. The van der Waals surface area contributed by atoms with Gasteiger partial charge < -0.3 is 0 Å². The quantitative estimate of drug-likeness (QED) is 0.799. The van der Waals surface area contributed by atoms with Crippen LogP contribution in [0.2, 0.25) is 0 Å². The predicted molar refractivity (Wildman–Crippen MR) is 73.9 cm³/mol. The maximum Gasteiger partial charge on any atom is 0.140 e. The fourth-order valence-corrected chi connectivity index (χ4v) is 2.03. The van der Waals surface area contributed by atoms with Gasteiger partial charge in [-0.15, -0.1) is 0 Å². The predicted octanol–water partition coefficient (Wildman–Crippen LogP) is 2.60. The van der Waals surface area contributed by atoms with Crippen LogP contribution in [0.3, 0.4) is 0 Å². The van der Waals surface area contributed by atoms with E-state index in [4.69, 9.17) is 0 Å². The van der Waals surface area contributed by atoms with Crippen molar-refractivity contribution in [2.24, 2.45) is 0 Å². The first kappa shape index (κ1) is 13.5. The smallest absolute Gasteiger partial charge is 0.140 e. The standard InChI is InChI=1S/C15H19N3O/c1-12(2)18-15(16-11-17-18)10-14(19)9-8-13-6-4-3-5-7-13/h3-7,11-12H,8-10H2,1-2H3. The summed E-state index contributed by atoms with van der Waals surface area (Å²) in [6.45, 7) is 4.07. The fourth-order valence-electron chi connectivity index (χ4n) is 2.03. The molecule has 2 aromatic rings. The zero-order valence-electron chi connectivity index (χ0n) is 11.4. The first-order chi connectivity index (χ1) is 9.16. The molecular formula is C15H19N3O. The summed E-state index contributed by atoms with van der Waals surface area (Å²) in [6.07, 6.45) is 3.22. The van der Waals surface area contributed by atoms with Gasteiger partial charge in [-0.1, -0.05) is 30.3 Å². The number of aromatic nitrogens is 3. The lowest BCUT2D eigenvalue weighted by molar-refractivity contribution is -0.118. The summed E-state index contributed by atoms with van der Waals surface area (Å²) in [6, 6.07) is 10.3. The van der Waals surface area contributed by atoms with Crippen LogP contribution in [-0.4, -0.2) is 20.5 Å². The molecule has 0 aliphatic rings. The lowest BCUT2D eigenvalue weighted by Gasteiger charge is -2.08. The van der Waals surface area contributed by atoms with Gasteiger partial charge in [-0.2, -0.15) is 5.10 Å². The van der Waals surface area contributed by atoms with Crippen molar-refractivity contribution in [2.45, 2.75) is 39.2 Å². The Morgan fingerprint density at radius 2 is 2.00 bits per heavy atom. The lowest BCUT2D eigenvalue weighted by atomic mass is 10.1. The van der Waals surface area contributed by atoms with Crippen LogP contribution in [-0.2, 0) is 17.6 Å². The van der Waals surface area contributed by atoms with Crippen molar-refractivity contribution in [1.82, 2.24) is 14.8 Å². The van der Waals surface area contributed by atoms with Crippen LogP contribution in [0.5, 0.6) is 0 Å². The molecule has 0 N–H and O–H groups in total. The van der Waals surface area contributed by atoms with Gasteiger partial charge in [0.15, 0.2) is 0 Å². The van der Waals surface area contributed by atoms with E-state index in [1.165, 1.54) is 11.9 Å². The number of nitrogens with zero attached hydrogens (tertiary/aromatic N) is 3. The number of Topliss-reactive ketones (excluding diaryl/α,β-unsaturated/α-hetero) is 1. The Labute approximate surface area is 113 Å². The monoisotopic (exact) mass is 257 g/mol. The average molecular weight is 257 g/mol. The Hall–Kier alpha value is -1.97. The van der Waals surface area contributed by atoms with Gasteiger partial charge in [0, 0.05) is 12.5 Å². The molecule has 1 aromatic carbocycles. The average Bonchev–Trinajstić information content (AvgIpc) is 2.86. The summed E-state index contributed by atoms with van der Waals surface area (Å²) in [5.41, 5.74) is 1.20. The molecule has 0 amide bonds. The van der Waals surface area contributed by atoms with E-state index in [-0.39, 0.29) is 11.8 Å². The van der Waals surface area contributed by atoms with Crippen LogP contribution in [0.1, 0.15) is 37.7 Å². The van der Waals surface area contributed by atoms with Gasteiger partial charge in [0.2, 0.25) is 0 Å². The topological polar surface area (TPSA) is 47.8 Å². The Bertz CT molecular complexity index is 531. The van der Waals surface area contributed by atoms with Crippen molar-refractivity contribution in [3.05, 3.63) is 48.0 Å². The molecule has 1 heterocycles. The summed E-state index contributed by atoms with van der Waals surface area (Å²) in [5.74, 6) is 0.965. The third-order valence-electron chi connectivity index (χ3n) is 3.03. The van der Waals surface area contributed by atoms with Crippen molar-refractivity contribution in [3.63, 3.8) is 0 Å². The highest BCUT2D eigenvalue weighted by molar-refractivity contribution is 5.80. The van der Waals surface area contributed by atoms with E-state index in [9.17, 15) is 4.79 Å². The molecule has 4 nitrogen and oxygen atoms in total. The third-order valence-corrected chi connectivity index (χ3v) is 3.03. The van der Waals surface area contributed by atoms with Crippen LogP contribution >= 0.6 is 0 Å². The molecule has 0 saturated carbocycles. The SMILES string of the molecule is CC(C)n1ncnc1CC(=O)CCc1ccccc1. The highest BCUT2D eigenvalue weighted by Gasteiger charge is 2.12. The summed E-state index contributed by atoms with van der Waals surface area (Å²) in [4.78, 5) is 16.1. The molecule has 0 bridgehead atoms. The zero-order chi connectivity index (χ0) is 13.7. The zero-order valence-corrected chi connectivity index (χ0v) is 11.4. The van der Waals surface area contributed by atoms with Crippen molar-refractivity contribution < 1.29 is 4.79 Å². The summed E-state index contributed by atoms with van der Waals surface area (Å²) < 4.78 is 1.81. The van der Waals surface area contributed by atoms with Gasteiger partial charge in [0.1, 0.15) is 17.9 Å². The maximum absolute atomic E-state index is 12.0. The number of carbonyl (C=O) groups excluding carboxylic acids is 1. The van der Waals surface area contributed by atoms with Crippen LogP contribution in [0.15, 0.2) is 36.7 Å². The van der Waals surface area contributed by atoms with E-state index in [1.54, 1.807) is 4.68 Å². The minimum absolute atomic E-state index is 0.207. The number of rotatable bonds is 6. The maximum atomic E-state index is 12.0. The molecule has 0 aliphatic carbocycles. The number of carbonyl (C=O) groups is 1. The van der Waals surface area contributed by atoms with E-state index in [1.807, 2.05) is 44.2 Å². The molecule has 0 atom stereocenters. The van der Waals surface area contributed by atoms with Crippen LogP contribution in [0.25, 0.3) is 0 Å². The normalized spacial score (nSPS) is 10.9. The first-order valence-electron chi connectivity index (χ1n) is 6.61. The van der Waals surface area contributed by atoms with Crippen LogP contribution in [0.4, 0.5) is 0 Å². The second-order valence-electron chi connectivity index (χ2n) is 4.92. The molecule has 0 unspecified atom stereocenters. The summed E-state index contributed by atoms with van der Waals surface area (Å²) in [7, 11) is 0. The molecule has 0 radical (unpaired) electrons. The number of benzene rings is 1. The highest BCUT2D eigenvalue weighted by Crippen LogP contribution is 2.08. The third kappa shape index (κ3) is 3.74. The molecule has 0 aliphatic heterocycles. The van der Waals surface area contributed by atoms with Crippen LogP contribution < -0.4 is 0 Å². The molecule has 0 spiro atoms. The molecule has 0 fully saturated rings. The minimum Gasteiger partial charge on any atom is -0.299 e. The molecule has 0 saturated heterocycles. The van der Waals surface area contributed by atoms with Crippen molar-refractivity contribution in [1.29, 1.82) is 0 Å². The second kappa shape index (κ2) is 6.27. The van der Waals surface area contributed by atoms with Gasteiger partial charge >= 0.3 is 0 Å². The first-order valence-corrected chi connectivity index (χ1v) is 6.61. The number of aryl methyl sites for hydroxylation is 1. The Morgan fingerprint density at radius 1 is 1.26 bits per heavy atom. The summed E-state index contributed by atoms with van der Waals surface area (Å²) >= 11 is 0. The van der Waals surface area contributed by atoms with Gasteiger partial charge in [-0.05, 0) is 25.8 Å². The van der Waals surface area contributed by atoms with Gasteiger partial charge in [0.05, 0.1) is 6.42 Å². The molecular weight excluding hydrogens is 238 g/mol. The number of hydrogen-bond acceptors (Lipinski definition) is 3. The lowest BCUT2D eigenvalue weighted by Crippen LogP contribution is -2.13. The van der Waals surface area contributed by atoms with Gasteiger partial charge in [-0.3, -0.25) is 4.79 Å². The van der Waals surface area contributed by atoms with E-state index < -0.39 is 0 Å². The Kier molecular flexibility index (Phi) is 4.44. The van der Waals surface area contributed by atoms with E-state index in [0.29, 0.717) is 12.8 Å². The minimum atomic E-state index is 0.207. The molecule has 4 heteroatoms. The Morgan fingerprint density at radius 3 is 2.68 bits per heavy atom. The van der Waals surface area contributed by atoms with Crippen molar-refractivity contribution in [2.75, 3.05) is 0 Å². The Balaban J connectivity index is 1.89. The largest absolute Gasteiger partial charge is 0.299 e. The van der Waals surface area contributed by atoms with Gasteiger partial charge in [-0.25, -0.2) is 9.67 Å². The second-order valence-corrected chi connectivity index (χ2v) is 4.92. The highest BCUT2D eigenvalue weighted by atomic mass is 16.1. The molecule has 2 rings (SSSR count). The fraction of sp³-hybridized carbons (Fsp3) is 0.400. The summed E-state index contributed by atoms with van der Waals surface area (Å²) in [5, 5.41) is 4.14. The molecule has 100 valence electrons. The van der Waals surface area contributed by atoms with E-state index in [0.717, 1.165) is 12.2 Å². The van der Waals surface area contributed by atoms with E-state index >= 15 is 0 Å². The van der Waals surface area contributed by atoms with Gasteiger partial charge in [0.25, 0.3) is 0 Å². The molecule has 19 heavy (non-hydrogen) atoms. The van der Waals surface area contributed by atoms with E-state index in [2.05, 4.69) is 10.1 Å². The van der Waals surface area contributed by atoms with Crippen LogP contribution in [0, 0.1) is 0 Å².